The molecule has 0 saturated carbocycles. The number of hydrogen-bond acceptors (Lipinski definition) is 16. The van der Waals surface area contributed by atoms with Crippen molar-refractivity contribution in [2.45, 2.75) is 107 Å². The lowest BCUT2D eigenvalue weighted by molar-refractivity contribution is 0.0598. The number of ether oxygens (including phenoxy) is 3. The van der Waals surface area contributed by atoms with E-state index in [2.05, 4.69) is 80.4 Å². The monoisotopic (exact) mass is 1010 g/mol. The lowest BCUT2D eigenvalue weighted by Crippen LogP contribution is -2.40. The second kappa shape index (κ2) is 21.4. The molecule has 0 radical (unpaired) electrons. The number of thioether (sulfide) groups is 1. The fraction of sp³-hybridized carbons (Fsp3) is 0.439. The third-order valence-corrected chi connectivity index (χ3v) is 15.7. The summed E-state index contributed by atoms with van der Waals surface area (Å²) >= 11 is 1.99. The van der Waals surface area contributed by atoms with Crippen LogP contribution in [0, 0.1) is 13.8 Å². The molecule has 8 heterocycles. The highest BCUT2D eigenvalue weighted by Gasteiger charge is 2.32. The predicted octanol–water partition coefficient (Wildman–Crippen LogP) is 10.6. The molecule has 0 unspecified atom stereocenters. The molecule has 73 heavy (non-hydrogen) atoms. The highest BCUT2D eigenvalue weighted by molar-refractivity contribution is 7.99. The van der Waals surface area contributed by atoms with E-state index in [1.807, 2.05) is 60.3 Å². The minimum Gasteiger partial charge on any atom is -0.490 e. The topological polar surface area (TPSA) is 179 Å². The highest BCUT2D eigenvalue weighted by Crippen LogP contribution is 2.40. The molecule has 4 aromatic carbocycles. The van der Waals surface area contributed by atoms with E-state index in [0.717, 1.165) is 74.8 Å². The van der Waals surface area contributed by atoms with Gasteiger partial charge < -0.3 is 51.9 Å². The number of fused-ring (bicyclic) bond motifs is 4. The molecular formula is C57H64N6O9S. The standard InChI is InChI=1S/C29H33N3O5.C28H31N3O4S/c1-18-30-31-28(35-18)27-14-23-25(5-4-6-26(23)36-27)34-17-22(33)16-32-11-9-19(10-12-32)20-7-8-24-21(13-20)15-29(2,3)37-24;1-18-29-30-28(34-18)26-15-23-24(5-2-6-25(23)35-26)33-17-22(32)16-31-11-9-19(10-12-31)20-7-8-27-21(14-20)4-3-13-36-27/h4-8,13-14,19,22,33H,9-12,15-17H2,1-3H3;2,5-8,14-15,19,22,32H,3-4,9-13,16-17H2,1H3/t2*22-/m00/s1. The van der Waals surface area contributed by atoms with E-state index < -0.39 is 12.2 Å². The molecule has 2 N–H and O–H groups in total. The lowest BCUT2D eigenvalue weighted by atomic mass is 9.87. The highest BCUT2D eigenvalue weighted by atomic mass is 32.2. The number of likely N-dealkylation sites (tertiary alicyclic amines) is 2. The third-order valence-electron chi connectivity index (χ3n) is 14.5. The second-order valence-electron chi connectivity index (χ2n) is 20.6. The quantitative estimate of drug-likeness (QED) is 0.105. The molecule has 0 spiro atoms. The van der Waals surface area contributed by atoms with Crippen LogP contribution in [0.15, 0.2) is 107 Å². The van der Waals surface area contributed by atoms with Gasteiger partial charge in [-0.05, 0) is 155 Å². The predicted molar refractivity (Wildman–Crippen MR) is 279 cm³/mol. The largest absolute Gasteiger partial charge is 0.490 e. The summed E-state index contributed by atoms with van der Waals surface area (Å²) in [5.41, 5.74) is 6.99. The Labute approximate surface area is 429 Å². The van der Waals surface area contributed by atoms with Gasteiger partial charge in [-0.3, -0.25) is 0 Å². The minimum atomic E-state index is -0.587. The van der Waals surface area contributed by atoms with Gasteiger partial charge in [0.05, 0.1) is 10.8 Å². The first-order valence-corrected chi connectivity index (χ1v) is 26.7. The molecule has 0 amide bonds. The molecule has 4 aliphatic rings. The molecule has 4 aliphatic heterocycles. The lowest BCUT2D eigenvalue weighted by Gasteiger charge is -2.33. The number of aryl methyl sites for hydroxylation is 3. The Hall–Kier alpha value is -6.17. The van der Waals surface area contributed by atoms with Crippen LogP contribution in [-0.4, -0.2) is 116 Å². The van der Waals surface area contributed by atoms with Crippen LogP contribution in [0.3, 0.4) is 0 Å². The van der Waals surface area contributed by atoms with Crippen LogP contribution >= 0.6 is 11.8 Å². The van der Waals surface area contributed by atoms with Gasteiger partial charge in [0, 0.05) is 50.4 Å². The number of benzene rings is 4. The van der Waals surface area contributed by atoms with E-state index in [1.165, 1.54) is 45.7 Å². The van der Waals surface area contributed by atoms with Gasteiger partial charge >= 0.3 is 0 Å². The van der Waals surface area contributed by atoms with Crippen LogP contribution in [0.4, 0.5) is 0 Å². The fourth-order valence-electron chi connectivity index (χ4n) is 10.8. The van der Waals surface area contributed by atoms with Crippen molar-refractivity contribution in [3.8, 4) is 40.6 Å². The molecule has 0 aliphatic carbocycles. The number of β-amino-alcohol motifs (C(OH)–C–C–N with tert-alkyl or cyclic N) is 2. The SMILES string of the molecule is Cc1nnc(-c2cc3c(OC[C@@H](O)CN4CCC(c5ccc6c(c5)CC(C)(C)O6)CC4)cccc3o2)o1.Cc1nnc(-c2cc3c(OC[C@@H](O)CN4CCC(c5ccc6c(c5)CCCS6)CC4)cccc3o2)o1. The summed E-state index contributed by atoms with van der Waals surface area (Å²) in [6.07, 6.45) is 6.74. The fourth-order valence-corrected chi connectivity index (χ4v) is 11.8. The van der Waals surface area contributed by atoms with Crippen molar-refractivity contribution in [3.05, 3.63) is 119 Å². The van der Waals surface area contributed by atoms with E-state index in [1.54, 1.807) is 13.8 Å². The summed E-state index contributed by atoms with van der Waals surface area (Å²) in [5.74, 6) is 7.39. The molecule has 2 saturated heterocycles. The van der Waals surface area contributed by atoms with Gasteiger partial charge in [-0.25, -0.2) is 0 Å². The van der Waals surface area contributed by atoms with Crippen molar-refractivity contribution in [1.29, 1.82) is 0 Å². The van der Waals surface area contributed by atoms with Crippen LogP contribution in [0.25, 0.3) is 45.2 Å². The number of piperidine rings is 2. The van der Waals surface area contributed by atoms with Crippen molar-refractivity contribution in [2.24, 2.45) is 0 Å². The molecule has 15 nitrogen and oxygen atoms in total. The Morgan fingerprint density at radius 2 is 1.16 bits per heavy atom. The van der Waals surface area contributed by atoms with E-state index in [4.69, 9.17) is 31.9 Å². The van der Waals surface area contributed by atoms with E-state index in [-0.39, 0.29) is 18.8 Å². The molecule has 12 rings (SSSR count). The Kier molecular flexibility index (Phi) is 14.4. The molecule has 16 heteroatoms. The van der Waals surface area contributed by atoms with Crippen molar-refractivity contribution >= 4 is 33.7 Å². The first kappa shape index (κ1) is 49.1. The van der Waals surface area contributed by atoms with Gasteiger partial charge in [0.1, 0.15) is 59.4 Å². The number of hydrogen-bond donors (Lipinski definition) is 2. The zero-order valence-corrected chi connectivity index (χ0v) is 42.9. The number of aromatic nitrogens is 4. The summed E-state index contributed by atoms with van der Waals surface area (Å²) in [6, 6.07) is 28.7. The molecular weight excluding hydrogens is 945 g/mol. The number of aliphatic hydroxyl groups is 2. The average Bonchev–Trinajstić information content (AvgIpc) is 4.26. The average molecular weight is 1010 g/mol. The van der Waals surface area contributed by atoms with Crippen LogP contribution in [-0.2, 0) is 12.8 Å². The summed E-state index contributed by atoms with van der Waals surface area (Å²) in [6.45, 7) is 13.3. The third kappa shape index (κ3) is 11.5. The second-order valence-corrected chi connectivity index (χ2v) is 21.8. The molecule has 382 valence electrons. The molecule has 0 bridgehead atoms. The summed E-state index contributed by atoms with van der Waals surface area (Å²) in [5, 5.41) is 38.8. The van der Waals surface area contributed by atoms with Gasteiger partial charge in [-0.15, -0.1) is 32.2 Å². The number of furan rings is 2. The smallest absolute Gasteiger partial charge is 0.283 e. The Morgan fingerprint density at radius 1 is 0.644 bits per heavy atom. The first-order chi connectivity index (χ1) is 35.4. The van der Waals surface area contributed by atoms with Crippen LogP contribution < -0.4 is 14.2 Å². The number of rotatable bonds is 14. The minimum absolute atomic E-state index is 0.110. The van der Waals surface area contributed by atoms with Crippen molar-refractivity contribution in [2.75, 3.05) is 58.2 Å². The van der Waals surface area contributed by atoms with Gasteiger partial charge in [0.25, 0.3) is 11.8 Å². The van der Waals surface area contributed by atoms with Crippen molar-refractivity contribution in [1.82, 2.24) is 30.2 Å². The Morgan fingerprint density at radius 3 is 1.68 bits per heavy atom. The molecule has 4 aromatic heterocycles. The van der Waals surface area contributed by atoms with Gasteiger partial charge in [0.2, 0.25) is 11.8 Å². The molecule has 8 aromatic rings. The van der Waals surface area contributed by atoms with Crippen LogP contribution in [0.1, 0.15) is 91.8 Å². The maximum absolute atomic E-state index is 10.7. The van der Waals surface area contributed by atoms with Crippen LogP contribution in [0.2, 0.25) is 0 Å². The summed E-state index contributed by atoms with van der Waals surface area (Å²) in [4.78, 5) is 6.16. The van der Waals surface area contributed by atoms with Gasteiger partial charge in [0.15, 0.2) is 11.5 Å². The zero-order valence-electron chi connectivity index (χ0n) is 42.0. The van der Waals surface area contributed by atoms with Gasteiger partial charge in [-0.2, -0.15) is 0 Å². The zero-order chi connectivity index (χ0) is 50.1. The summed E-state index contributed by atoms with van der Waals surface area (Å²) < 4.78 is 40.7. The number of aliphatic hydroxyl groups excluding tert-OH is 2. The Bertz CT molecular complexity index is 3160. The van der Waals surface area contributed by atoms with E-state index >= 15 is 0 Å². The van der Waals surface area contributed by atoms with Gasteiger partial charge in [-0.1, -0.05) is 36.4 Å². The maximum atomic E-state index is 10.7. The normalized spacial score (nSPS) is 18.2. The summed E-state index contributed by atoms with van der Waals surface area (Å²) in [7, 11) is 0. The van der Waals surface area contributed by atoms with Crippen molar-refractivity contribution < 1.29 is 42.1 Å². The first-order valence-electron chi connectivity index (χ1n) is 25.8. The number of nitrogens with zero attached hydrogens (tertiary/aromatic N) is 6. The van der Waals surface area contributed by atoms with Crippen LogP contribution in [0.5, 0.6) is 17.2 Å². The Balaban J connectivity index is 0.000000157. The van der Waals surface area contributed by atoms with E-state index in [0.29, 0.717) is 82.7 Å². The molecule has 2 fully saturated rings. The van der Waals surface area contributed by atoms with E-state index in [9.17, 15) is 10.2 Å². The van der Waals surface area contributed by atoms with Crippen molar-refractivity contribution in [3.63, 3.8) is 0 Å². The maximum Gasteiger partial charge on any atom is 0.283 e. The molecule has 2 atom stereocenters.